The Kier molecular flexibility index (Phi) is 13.0. The summed E-state index contributed by atoms with van der Waals surface area (Å²) in [4.78, 5) is 4.51. The van der Waals surface area contributed by atoms with Crippen LogP contribution < -0.4 is 4.74 Å². The summed E-state index contributed by atoms with van der Waals surface area (Å²) >= 11 is 0. The SMILES string of the molecule is CCCCCCCCCc1ccc(-c2ccc(OCCCCCCCC)cc2F)nc1. The second-order valence-corrected chi connectivity index (χ2v) is 8.68. The molecule has 0 aliphatic carbocycles. The first-order valence-corrected chi connectivity index (χ1v) is 12.6. The maximum Gasteiger partial charge on any atom is 0.136 e. The van der Waals surface area contributed by atoms with Gasteiger partial charge in [0.15, 0.2) is 0 Å². The lowest BCUT2D eigenvalue weighted by Crippen LogP contribution is -1.98. The van der Waals surface area contributed by atoms with E-state index in [9.17, 15) is 4.39 Å². The molecule has 172 valence electrons. The first-order valence-electron chi connectivity index (χ1n) is 12.6. The summed E-state index contributed by atoms with van der Waals surface area (Å²) in [5, 5.41) is 0. The van der Waals surface area contributed by atoms with E-state index in [1.54, 1.807) is 6.07 Å². The molecule has 0 amide bonds. The van der Waals surface area contributed by atoms with Crippen molar-refractivity contribution in [3.05, 3.63) is 47.9 Å². The molecule has 0 radical (unpaired) electrons. The van der Waals surface area contributed by atoms with Crippen molar-refractivity contribution in [1.29, 1.82) is 0 Å². The molecule has 0 saturated carbocycles. The second-order valence-electron chi connectivity index (χ2n) is 8.68. The predicted octanol–water partition coefficient (Wildman–Crippen LogP) is 8.92. The predicted molar refractivity (Wildman–Crippen MR) is 130 cm³/mol. The van der Waals surface area contributed by atoms with E-state index in [0.29, 0.717) is 23.6 Å². The van der Waals surface area contributed by atoms with Crippen molar-refractivity contribution in [2.45, 2.75) is 104 Å². The molecule has 2 nitrogen and oxygen atoms in total. The first kappa shape index (κ1) is 25.4. The van der Waals surface area contributed by atoms with Crippen molar-refractivity contribution >= 4 is 0 Å². The van der Waals surface area contributed by atoms with Crippen LogP contribution in [-0.4, -0.2) is 11.6 Å². The molecule has 0 atom stereocenters. The molecular weight excluding hydrogens is 385 g/mol. The van der Waals surface area contributed by atoms with Crippen molar-refractivity contribution in [2.24, 2.45) is 0 Å². The van der Waals surface area contributed by atoms with Crippen molar-refractivity contribution in [1.82, 2.24) is 4.98 Å². The standard InChI is InChI=1S/C28H42FNO/c1-3-5-7-9-11-12-14-16-24-17-20-28(30-23-24)26-19-18-25(22-27(26)29)31-21-15-13-10-8-6-4-2/h17-20,22-23H,3-16,21H2,1-2H3. The smallest absolute Gasteiger partial charge is 0.136 e. The zero-order valence-electron chi connectivity index (χ0n) is 19.8. The highest BCUT2D eigenvalue weighted by Gasteiger charge is 2.08. The normalized spacial score (nSPS) is 11.1. The fraction of sp³-hybridized carbons (Fsp3) is 0.607. The number of nitrogens with zero attached hydrogens (tertiary/aromatic N) is 1. The van der Waals surface area contributed by atoms with Crippen LogP contribution in [0.5, 0.6) is 5.75 Å². The number of hydrogen-bond acceptors (Lipinski definition) is 2. The van der Waals surface area contributed by atoms with Gasteiger partial charge in [0.05, 0.1) is 12.3 Å². The lowest BCUT2D eigenvalue weighted by atomic mass is 10.0. The van der Waals surface area contributed by atoms with Crippen molar-refractivity contribution < 1.29 is 9.13 Å². The van der Waals surface area contributed by atoms with Gasteiger partial charge in [-0.05, 0) is 43.0 Å². The lowest BCUT2D eigenvalue weighted by molar-refractivity contribution is 0.303. The average Bonchev–Trinajstić information content (AvgIpc) is 2.78. The van der Waals surface area contributed by atoms with Gasteiger partial charge in [0, 0.05) is 17.8 Å². The average molecular weight is 428 g/mol. The van der Waals surface area contributed by atoms with Gasteiger partial charge in [0.1, 0.15) is 11.6 Å². The molecule has 1 heterocycles. The first-order chi connectivity index (χ1) is 15.2. The van der Waals surface area contributed by atoms with Crippen molar-refractivity contribution in [3.8, 4) is 17.0 Å². The van der Waals surface area contributed by atoms with E-state index in [1.165, 1.54) is 88.7 Å². The van der Waals surface area contributed by atoms with Crippen molar-refractivity contribution in [2.75, 3.05) is 6.61 Å². The topological polar surface area (TPSA) is 22.1 Å². The Bertz CT molecular complexity index is 713. The van der Waals surface area contributed by atoms with Gasteiger partial charge in [0.2, 0.25) is 0 Å². The summed E-state index contributed by atoms with van der Waals surface area (Å²) in [7, 11) is 0. The molecular formula is C28H42FNO. The molecule has 31 heavy (non-hydrogen) atoms. The Morgan fingerprint density at radius 1 is 0.742 bits per heavy atom. The minimum absolute atomic E-state index is 0.271. The van der Waals surface area contributed by atoms with Gasteiger partial charge < -0.3 is 4.74 Å². The van der Waals surface area contributed by atoms with E-state index in [1.807, 2.05) is 18.3 Å². The molecule has 0 bridgehead atoms. The Balaban J connectivity index is 1.73. The molecule has 0 aliphatic heterocycles. The van der Waals surface area contributed by atoms with Crippen LogP contribution in [0.4, 0.5) is 4.39 Å². The number of hydrogen-bond donors (Lipinski definition) is 0. The second kappa shape index (κ2) is 15.8. The number of ether oxygens (including phenoxy) is 1. The highest BCUT2D eigenvalue weighted by molar-refractivity contribution is 5.61. The Labute approximate surface area is 189 Å². The maximum atomic E-state index is 14.6. The van der Waals surface area contributed by atoms with Gasteiger partial charge in [-0.15, -0.1) is 0 Å². The van der Waals surface area contributed by atoms with Crippen LogP contribution in [0.1, 0.15) is 103 Å². The minimum atomic E-state index is -0.271. The summed E-state index contributed by atoms with van der Waals surface area (Å²) in [6.07, 6.45) is 19.4. The number of aryl methyl sites for hydroxylation is 1. The van der Waals surface area contributed by atoms with E-state index in [-0.39, 0.29) is 5.82 Å². The van der Waals surface area contributed by atoms with Crippen LogP contribution in [-0.2, 0) is 6.42 Å². The van der Waals surface area contributed by atoms with Crippen molar-refractivity contribution in [3.63, 3.8) is 0 Å². The van der Waals surface area contributed by atoms with E-state index < -0.39 is 0 Å². The molecule has 0 unspecified atom stereocenters. The summed E-state index contributed by atoms with van der Waals surface area (Å²) < 4.78 is 20.3. The van der Waals surface area contributed by atoms with E-state index in [2.05, 4.69) is 24.9 Å². The van der Waals surface area contributed by atoms with Gasteiger partial charge in [-0.1, -0.05) is 90.5 Å². The molecule has 0 saturated heterocycles. The zero-order chi connectivity index (χ0) is 22.2. The zero-order valence-corrected chi connectivity index (χ0v) is 19.8. The molecule has 0 fully saturated rings. The summed E-state index contributed by atoms with van der Waals surface area (Å²) in [6.45, 7) is 5.13. The Morgan fingerprint density at radius 3 is 2.00 bits per heavy atom. The van der Waals surface area contributed by atoms with Crippen LogP contribution in [0.25, 0.3) is 11.3 Å². The highest BCUT2D eigenvalue weighted by atomic mass is 19.1. The number of aromatic nitrogens is 1. The summed E-state index contributed by atoms with van der Waals surface area (Å²) in [5.74, 6) is 0.332. The molecule has 0 N–H and O–H groups in total. The summed E-state index contributed by atoms with van der Waals surface area (Å²) in [5.41, 5.74) is 2.45. The molecule has 2 rings (SSSR count). The molecule has 1 aromatic carbocycles. The van der Waals surface area contributed by atoms with Gasteiger partial charge in [-0.25, -0.2) is 4.39 Å². The van der Waals surface area contributed by atoms with Gasteiger partial charge in [-0.2, -0.15) is 0 Å². The van der Waals surface area contributed by atoms with E-state index in [4.69, 9.17) is 4.74 Å². The third kappa shape index (κ3) is 10.3. The maximum absolute atomic E-state index is 14.6. The van der Waals surface area contributed by atoms with Crippen LogP contribution in [0, 0.1) is 5.82 Å². The summed E-state index contributed by atoms with van der Waals surface area (Å²) in [6, 6.07) is 9.14. The lowest BCUT2D eigenvalue weighted by Gasteiger charge is -2.09. The quantitative estimate of drug-likeness (QED) is 0.235. The molecule has 0 spiro atoms. The fourth-order valence-electron chi connectivity index (χ4n) is 3.88. The number of benzene rings is 1. The Morgan fingerprint density at radius 2 is 1.39 bits per heavy atom. The van der Waals surface area contributed by atoms with E-state index >= 15 is 0 Å². The van der Waals surface area contributed by atoms with Gasteiger partial charge in [-0.3, -0.25) is 4.98 Å². The third-order valence-corrected chi connectivity index (χ3v) is 5.88. The van der Waals surface area contributed by atoms with E-state index in [0.717, 1.165) is 12.8 Å². The number of unbranched alkanes of at least 4 members (excludes halogenated alkanes) is 11. The highest BCUT2D eigenvalue weighted by Crippen LogP contribution is 2.25. The third-order valence-electron chi connectivity index (χ3n) is 5.88. The monoisotopic (exact) mass is 427 g/mol. The molecule has 0 aliphatic rings. The number of rotatable bonds is 17. The Hall–Kier alpha value is -1.90. The number of halogens is 1. The molecule has 2 aromatic rings. The number of pyridine rings is 1. The minimum Gasteiger partial charge on any atom is -0.493 e. The largest absolute Gasteiger partial charge is 0.493 e. The fourth-order valence-corrected chi connectivity index (χ4v) is 3.88. The molecule has 1 aromatic heterocycles. The van der Waals surface area contributed by atoms with Crippen LogP contribution in [0.15, 0.2) is 36.5 Å². The van der Waals surface area contributed by atoms with Crippen LogP contribution in [0.2, 0.25) is 0 Å². The van der Waals surface area contributed by atoms with Gasteiger partial charge >= 0.3 is 0 Å². The van der Waals surface area contributed by atoms with Gasteiger partial charge in [0.25, 0.3) is 0 Å². The molecule has 3 heteroatoms. The van der Waals surface area contributed by atoms with Crippen LogP contribution in [0.3, 0.4) is 0 Å². The van der Waals surface area contributed by atoms with Crippen LogP contribution >= 0.6 is 0 Å².